The van der Waals surface area contributed by atoms with E-state index in [0.29, 0.717) is 5.39 Å². The summed E-state index contributed by atoms with van der Waals surface area (Å²) in [4.78, 5) is 22.1. The Kier molecular flexibility index (Phi) is 5.29. The fourth-order valence-corrected chi connectivity index (χ4v) is 4.72. The maximum Gasteiger partial charge on any atom is 0.451 e. The fraction of sp³-hybridized carbons (Fsp3) is 0.261. The van der Waals surface area contributed by atoms with Crippen LogP contribution in [0.15, 0.2) is 65.3 Å². The summed E-state index contributed by atoms with van der Waals surface area (Å²) < 4.78 is 39.6. The number of likely N-dealkylation sites (N-methyl/N-ethyl adjacent to an activating group) is 1. The lowest BCUT2D eigenvalue weighted by Crippen LogP contribution is -2.24. The van der Waals surface area contributed by atoms with Gasteiger partial charge >= 0.3 is 6.18 Å². The Morgan fingerprint density at radius 3 is 2.48 bits per heavy atom. The number of carbonyl (C=O) groups excluding carboxylic acids is 1. The van der Waals surface area contributed by atoms with Crippen LogP contribution in [-0.4, -0.2) is 28.6 Å². The lowest BCUT2D eigenvalue weighted by molar-refractivity contribution is -0.145. The van der Waals surface area contributed by atoms with Crippen LogP contribution in [0.5, 0.6) is 0 Å². The van der Waals surface area contributed by atoms with E-state index in [1.807, 2.05) is 36.2 Å². The second-order valence-electron chi connectivity index (χ2n) is 7.85. The van der Waals surface area contributed by atoms with Crippen molar-refractivity contribution < 1.29 is 18.0 Å². The molecule has 8 heteroatoms. The number of thioether (sulfide) groups is 1. The number of allylic oxidation sites excluding steroid dienone is 2. The van der Waals surface area contributed by atoms with Crippen LogP contribution in [0.4, 0.5) is 18.9 Å². The van der Waals surface area contributed by atoms with Gasteiger partial charge in [-0.05, 0) is 17.7 Å². The lowest BCUT2D eigenvalue weighted by atomic mass is 9.83. The smallest absolute Gasteiger partial charge is 0.347 e. The molecule has 0 fully saturated rings. The molecule has 1 aliphatic heterocycles. The van der Waals surface area contributed by atoms with Crippen LogP contribution >= 0.6 is 11.8 Å². The Balaban J connectivity index is 1.61. The first kappa shape index (κ1) is 21.4. The summed E-state index contributed by atoms with van der Waals surface area (Å²) in [5, 5.41) is 0.638. The molecular weight excluding hydrogens is 423 g/mol. The van der Waals surface area contributed by atoms with Gasteiger partial charge in [0.25, 0.3) is 0 Å². The first-order valence-electron chi connectivity index (χ1n) is 9.64. The van der Waals surface area contributed by atoms with Crippen molar-refractivity contribution in [3.8, 4) is 0 Å². The molecule has 2 heterocycles. The number of carbonyl (C=O) groups is 1. The highest BCUT2D eigenvalue weighted by molar-refractivity contribution is 8.00. The molecule has 0 amide bonds. The molecule has 0 spiro atoms. The van der Waals surface area contributed by atoms with Crippen LogP contribution in [0.1, 0.15) is 25.2 Å². The van der Waals surface area contributed by atoms with Crippen molar-refractivity contribution in [2.75, 3.05) is 17.7 Å². The number of alkyl halides is 3. The molecule has 0 N–H and O–H groups in total. The Labute approximate surface area is 182 Å². The summed E-state index contributed by atoms with van der Waals surface area (Å²) in [7, 11) is 1.91. The van der Waals surface area contributed by atoms with Gasteiger partial charge in [-0.3, -0.25) is 4.79 Å². The summed E-state index contributed by atoms with van der Waals surface area (Å²) in [5.41, 5.74) is 2.86. The molecule has 0 saturated carbocycles. The van der Waals surface area contributed by atoms with Crippen molar-refractivity contribution in [2.45, 2.75) is 30.5 Å². The Morgan fingerprint density at radius 2 is 1.77 bits per heavy atom. The molecule has 1 aliphatic rings. The third-order valence-corrected chi connectivity index (χ3v) is 6.42. The fourth-order valence-electron chi connectivity index (χ4n) is 3.88. The number of ketones is 1. The van der Waals surface area contributed by atoms with E-state index in [1.165, 1.54) is 6.07 Å². The third-order valence-electron chi connectivity index (χ3n) is 5.41. The minimum Gasteiger partial charge on any atom is -0.347 e. The van der Waals surface area contributed by atoms with E-state index in [9.17, 15) is 18.0 Å². The predicted octanol–water partition coefficient (Wildman–Crippen LogP) is 5.62. The van der Waals surface area contributed by atoms with Gasteiger partial charge in [0.1, 0.15) is 5.03 Å². The van der Waals surface area contributed by atoms with Crippen LogP contribution in [0.2, 0.25) is 0 Å². The molecule has 160 valence electrons. The number of rotatable bonds is 4. The highest BCUT2D eigenvalue weighted by atomic mass is 32.2. The van der Waals surface area contributed by atoms with Gasteiger partial charge in [-0.1, -0.05) is 62.0 Å². The number of benzene rings is 2. The normalized spacial score (nSPS) is 16.7. The third kappa shape index (κ3) is 3.92. The molecule has 0 saturated heterocycles. The van der Waals surface area contributed by atoms with E-state index in [0.717, 1.165) is 28.7 Å². The van der Waals surface area contributed by atoms with Crippen LogP contribution in [-0.2, 0) is 16.4 Å². The number of anilines is 1. The summed E-state index contributed by atoms with van der Waals surface area (Å²) in [6, 6.07) is 14.5. The quantitative estimate of drug-likeness (QED) is 0.298. The molecule has 0 bridgehead atoms. The predicted molar refractivity (Wildman–Crippen MR) is 116 cm³/mol. The van der Waals surface area contributed by atoms with Crippen molar-refractivity contribution >= 4 is 34.1 Å². The summed E-state index contributed by atoms with van der Waals surface area (Å²) in [6.07, 6.45) is -3.07. The average molecular weight is 443 g/mol. The molecule has 3 aromatic rings. The molecule has 0 radical (unpaired) electrons. The number of hydrogen-bond donors (Lipinski definition) is 0. The van der Waals surface area contributed by atoms with E-state index in [2.05, 4.69) is 23.8 Å². The van der Waals surface area contributed by atoms with Gasteiger partial charge in [0.05, 0.1) is 11.3 Å². The zero-order valence-corrected chi connectivity index (χ0v) is 18.0. The molecule has 2 aromatic carbocycles. The van der Waals surface area contributed by atoms with Gasteiger partial charge in [-0.25, -0.2) is 9.97 Å². The first-order valence-corrected chi connectivity index (χ1v) is 10.6. The standard InChI is InChI=1S/C23H20F3N3OS/c1-22(2)16-9-5-7-11-18(16)29(3)19(22)12-14(30)13-31-20-15-8-4-6-10-17(15)27-21(28-20)23(24,25)26/h4-12H,13H2,1-3H3/b19-12-. The zero-order valence-electron chi connectivity index (χ0n) is 17.2. The van der Waals surface area contributed by atoms with Crippen molar-refractivity contribution in [2.24, 2.45) is 0 Å². The minimum atomic E-state index is -4.66. The van der Waals surface area contributed by atoms with Crippen molar-refractivity contribution in [1.29, 1.82) is 0 Å². The van der Waals surface area contributed by atoms with Gasteiger partial charge in [-0.2, -0.15) is 13.2 Å². The average Bonchev–Trinajstić information content (AvgIpc) is 2.92. The number of hydrogen-bond acceptors (Lipinski definition) is 5. The monoisotopic (exact) mass is 443 g/mol. The lowest BCUT2D eigenvalue weighted by Gasteiger charge is -2.23. The Bertz CT molecular complexity index is 1200. The Morgan fingerprint density at radius 1 is 1.10 bits per heavy atom. The second kappa shape index (κ2) is 7.67. The van der Waals surface area contributed by atoms with Crippen molar-refractivity contribution in [1.82, 2.24) is 9.97 Å². The first-order chi connectivity index (χ1) is 14.6. The summed E-state index contributed by atoms with van der Waals surface area (Å²) in [5.74, 6) is -1.42. The van der Waals surface area contributed by atoms with Crippen LogP contribution in [0.3, 0.4) is 0 Å². The number of para-hydroxylation sites is 2. The topological polar surface area (TPSA) is 46.1 Å². The molecule has 1 aromatic heterocycles. The Hall–Kier alpha value is -2.87. The highest BCUT2D eigenvalue weighted by Crippen LogP contribution is 2.46. The second-order valence-corrected chi connectivity index (χ2v) is 8.82. The maximum atomic E-state index is 13.2. The molecule has 0 atom stereocenters. The van der Waals surface area contributed by atoms with E-state index < -0.39 is 12.0 Å². The molecule has 4 nitrogen and oxygen atoms in total. The zero-order chi connectivity index (χ0) is 22.4. The van der Waals surface area contributed by atoms with Crippen LogP contribution in [0, 0.1) is 0 Å². The van der Waals surface area contributed by atoms with E-state index in [1.54, 1.807) is 24.3 Å². The number of nitrogens with zero attached hydrogens (tertiary/aromatic N) is 3. The van der Waals surface area contributed by atoms with Crippen molar-refractivity contribution in [3.63, 3.8) is 0 Å². The van der Waals surface area contributed by atoms with E-state index in [-0.39, 0.29) is 27.5 Å². The van der Waals surface area contributed by atoms with Crippen molar-refractivity contribution in [3.05, 3.63) is 71.7 Å². The van der Waals surface area contributed by atoms with Gasteiger partial charge in [0.2, 0.25) is 5.82 Å². The van der Waals surface area contributed by atoms with Gasteiger partial charge in [0.15, 0.2) is 5.78 Å². The van der Waals surface area contributed by atoms with Gasteiger partial charge < -0.3 is 4.90 Å². The molecule has 31 heavy (non-hydrogen) atoms. The van der Waals surface area contributed by atoms with Crippen LogP contribution in [0.25, 0.3) is 10.9 Å². The maximum absolute atomic E-state index is 13.2. The highest BCUT2D eigenvalue weighted by Gasteiger charge is 2.38. The van der Waals surface area contributed by atoms with E-state index >= 15 is 0 Å². The summed E-state index contributed by atoms with van der Waals surface area (Å²) in [6.45, 7) is 4.10. The molecule has 4 rings (SSSR count). The van der Waals surface area contributed by atoms with Crippen LogP contribution < -0.4 is 4.90 Å². The van der Waals surface area contributed by atoms with Gasteiger partial charge in [-0.15, -0.1) is 0 Å². The molecule has 0 unspecified atom stereocenters. The number of aromatic nitrogens is 2. The molecular formula is C23H20F3N3OS. The van der Waals surface area contributed by atoms with E-state index in [4.69, 9.17) is 0 Å². The summed E-state index contributed by atoms with van der Waals surface area (Å²) >= 11 is 0.993. The largest absolute Gasteiger partial charge is 0.451 e. The van der Waals surface area contributed by atoms with Gasteiger partial charge in [0, 0.05) is 35.3 Å². The number of halogens is 3. The molecule has 0 aliphatic carbocycles. The number of fused-ring (bicyclic) bond motifs is 2. The SMILES string of the molecule is CN1/C(=C\C(=O)CSc2nc(C(F)(F)F)nc3ccccc23)C(C)(C)c2ccccc21. The minimum absolute atomic E-state index is 0.0257.